The number of hydrogen-bond donors (Lipinski definition) is 2. The van der Waals surface area contributed by atoms with Gasteiger partial charge in [0.2, 0.25) is 5.88 Å². The minimum Gasteiger partial charge on any atom is -0.481 e. The van der Waals surface area contributed by atoms with E-state index in [9.17, 15) is 14.4 Å². The second-order valence-corrected chi connectivity index (χ2v) is 9.80. The second-order valence-electron chi connectivity index (χ2n) is 9.04. The quantitative estimate of drug-likeness (QED) is 0.282. The van der Waals surface area contributed by atoms with E-state index in [0.717, 1.165) is 10.2 Å². The van der Waals surface area contributed by atoms with E-state index in [4.69, 9.17) is 27.9 Å². The minimum atomic E-state index is -0.606. The lowest BCUT2D eigenvalue weighted by Gasteiger charge is -2.16. The number of nitrogens with one attached hydrogen (secondary N) is 2. The van der Waals surface area contributed by atoms with Gasteiger partial charge in [0.15, 0.2) is 0 Å². The van der Waals surface area contributed by atoms with Gasteiger partial charge in [0.25, 0.3) is 11.5 Å². The van der Waals surface area contributed by atoms with E-state index in [1.54, 1.807) is 25.1 Å². The number of benzene rings is 2. The van der Waals surface area contributed by atoms with E-state index >= 15 is 0 Å². The molecule has 0 aliphatic rings. The molecule has 4 rings (SSSR count). The van der Waals surface area contributed by atoms with Crippen LogP contribution in [0.1, 0.15) is 29.8 Å². The molecule has 206 valence electrons. The molecule has 4 aromatic rings. The molecule has 2 heterocycles. The first kappa shape index (κ1) is 28.9. The number of Topliss-reactive ketones (excluding diaryl/α,β-unsaturated/α-hetero) is 1. The van der Waals surface area contributed by atoms with E-state index in [1.165, 1.54) is 33.3 Å². The molecule has 2 N–H and O–H groups in total. The highest BCUT2D eigenvalue weighted by Crippen LogP contribution is 2.41. The molecule has 0 saturated carbocycles. The van der Waals surface area contributed by atoms with Gasteiger partial charge in [0, 0.05) is 42.0 Å². The summed E-state index contributed by atoms with van der Waals surface area (Å²) >= 11 is 13.6. The molecule has 0 bridgehead atoms. The largest absolute Gasteiger partial charge is 0.481 e. The Balaban J connectivity index is 1.66. The summed E-state index contributed by atoms with van der Waals surface area (Å²) in [6, 6.07) is 15.4. The number of aryl methyl sites for hydroxylation is 1. The normalized spacial score (nSPS) is 11.7. The Labute approximate surface area is 241 Å². The lowest BCUT2D eigenvalue weighted by Crippen LogP contribution is -2.31. The summed E-state index contributed by atoms with van der Waals surface area (Å²) in [6.45, 7) is 3.74. The number of hydrogen-bond acceptors (Lipinski definition) is 7. The van der Waals surface area contributed by atoms with Crippen molar-refractivity contribution in [3.05, 3.63) is 92.3 Å². The fraction of sp³-hybridized carbons (Fsp3) is 0.207. The number of carbonyl (C=O) groups excluding carboxylic acids is 2. The van der Waals surface area contributed by atoms with Gasteiger partial charge < -0.3 is 15.4 Å². The van der Waals surface area contributed by atoms with Gasteiger partial charge in [-0.3, -0.25) is 14.4 Å². The zero-order valence-electron chi connectivity index (χ0n) is 22.3. The van der Waals surface area contributed by atoms with Gasteiger partial charge >= 0.3 is 0 Å². The number of carbonyl (C=O) groups is 2. The molecule has 9 nitrogen and oxygen atoms in total. The van der Waals surface area contributed by atoms with E-state index in [2.05, 4.69) is 20.7 Å². The highest BCUT2D eigenvalue weighted by molar-refractivity contribution is 6.39. The van der Waals surface area contributed by atoms with E-state index in [0.29, 0.717) is 45.5 Å². The molecule has 0 fully saturated rings. The molecule has 11 heteroatoms. The smallest absolute Gasteiger partial charge is 0.279 e. The van der Waals surface area contributed by atoms with Crippen molar-refractivity contribution in [2.45, 2.75) is 26.4 Å². The fourth-order valence-corrected chi connectivity index (χ4v) is 4.58. The van der Waals surface area contributed by atoms with Gasteiger partial charge in [0.1, 0.15) is 11.3 Å². The number of pyridine rings is 1. The van der Waals surface area contributed by atoms with Crippen LogP contribution >= 0.6 is 23.2 Å². The molecule has 1 amide bonds. The van der Waals surface area contributed by atoms with Crippen LogP contribution in [0.5, 0.6) is 5.88 Å². The zero-order valence-corrected chi connectivity index (χ0v) is 23.8. The van der Waals surface area contributed by atoms with Crippen LogP contribution in [0.3, 0.4) is 0 Å². The molecule has 0 aliphatic heterocycles. The van der Waals surface area contributed by atoms with Crippen molar-refractivity contribution in [3.8, 4) is 28.3 Å². The van der Waals surface area contributed by atoms with Crippen LogP contribution < -0.4 is 20.9 Å². The van der Waals surface area contributed by atoms with Crippen molar-refractivity contribution in [2.75, 3.05) is 12.4 Å². The Morgan fingerprint density at radius 1 is 1.00 bits per heavy atom. The van der Waals surface area contributed by atoms with Crippen molar-refractivity contribution in [3.63, 3.8) is 0 Å². The van der Waals surface area contributed by atoms with Crippen LogP contribution in [0.15, 0.2) is 65.6 Å². The fourth-order valence-electron chi connectivity index (χ4n) is 3.98. The average Bonchev–Trinajstić information content (AvgIpc) is 2.94. The Morgan fingerprint density at radius 2 is 1.68 bits per heavy atom. The van der Waals surface area contributed by atoms with Crippen LogP contribution in [-0.2, 0) is 18.4 Å². The molecule has 0 saturated heterocycles. The molecule has 0 spiro atoms. The molecule has 2 aromatic heterocycles. The summed E-state index contributed by atoms with van der Waals surface area (Å²) in [5, 5.41) is 10.4. The minimum absolute atomic E-state index is 0.0380. The van der Waals surface area contributed by atoms with Gasteiger partial charge in [-0.25, -0.2) is 9.67 Å². The maximum atomic E-state index is 12.8. The molecular weight excluding hydrogens is 553 g/mol. The van der Waals surface area contributed by atoms with Gasteiger partial charge in [-0.1, -0.05) is 59.6 Å². The first-order valence-corrected chi connectivity index (χ1v) is 13.1. The van der Waals surface area contributed by atoms with Crippen molar-refractivity contribution >= 4 is 40.6 Å². The van der Waals surface area contributed by atoms with Crippen LogP contribution in [0.25, 0.3) is 22.4 Å². The van der Waals surface area contributed by atoms with Crippen LogP contribution in [0.2, 0.25) is 10.0 Å². The maximum absolute atomic E-state index is 12.8. The number of ketones is 1. The third-order valence-electron chi connectivity index (χ3n) is 6.40. The standard InChI is InChI=1S/C29H27Cl2N5O4/c1-16(17(2)37)32-15-18-11-12-23(35-28(18)40-4)21-9-5-7-19(25(21)30)20-8-6-10-24(26(20)31)34-27(38)22-13-14-33-36(3)29(22)39/h5-14,16,32H,15H2,1-4H3,(H,34,38). The summed E-state index contributed by atoms with van der Waals surface area (Å²) in [7, 11) is 3.00. The van der Waals surface area contributed by atoms with Crippen molar-refractivity contribution in [1.29, 1.82) is 0 Å². The van der Waals surface area contributed by atoms with Crippen molar-refractivity contribution < 1.29 is 14.3 Å². The van der Waals surface area contributed by atoms with E-state index in [1.807, 2.05) is 30.3 Å². The van der Waals surface area contributed by atoms with Crippen LogP contribution in [0.4, 0.5) is 5.69 Å². The third-order valence-corrected chi connectivity index (χ3v) is 7.22. The number of methoxy groups -OCH3 is 1. The lowest BCUT2D eigenvalue weighted by atomic mass is 10.00. The highest BCUT2D eigenvalue weighted by Gasteiger charge is 2.19. The molecule has 1 unspecified atom stereocenters. The predicted octanol–water partition coefficient (Wildman–Crippen LogP) is 5.14. The molecule has 40 heavy (non-hydrogen) atoms. The van der Waals surface area contributed by atoms with Gasteiger partial charge in [-0.15, -0.1) is 0 Å². The summed E-state index contributed by atoms with van der Waals surface area (Å²) < 4.78 is 6.59. The zero-order chi connectivity index (χ0) is 29.0. The molecular formula is C29H27Cl2N5O4. The number of aromatic nitrogens is 3. The van der Waals surface area contributed by atoms with Crippen molar-refractivity contribution in [2.24, 2.45) is 7.05 Å². The summed E-state index contributed by atoms with van der Waals surface area (Å²) in [5.41, 5.74) is 2.97. The maximum Gasteiger partial charge on any atom is 0.279 e. The molecule has 0 aliphatic carbocycles. The van der Waals surface area contributed by atoms with Crippen LogP contribution in [0, 0.1) is 0 Å². The number of amides is 1. The van der Waals surface area contributed by atoms with E-state index < -0.39 is 11.5 Å². The Hall–Kier alpha value is -4.05. The number of nitrogens with zero attached hydrogens (tertiary/aromatic N) is 3. The molecule has 1 atom stereocenters. The summed E-state index contributed by atoms with van der Waals surface area (Å²) in [6.07, 6.45) is 1.37. The lowest BCUT2D eigenvalue weighted by molar-refractivity contribution is -0.118. The highest BCUT2D eigenvalue weighted by atomic mass is 35.5. The monoisotopic (exact) mass is 579 g/mol. The Bertz CT molecular complexity index is 1650. The third kappa shape index (κ3) is 6.07. The average molecular weight is 580 g/mol. The topological polar surface area (TPSA) is 115 Å². The first-order valence-electron chi connectivity index (χ1n) is 12.3. The van der Waals surface area contributed by atoms with E-state index in [-0.39, 0.29) is 22.4 Å². The van der Waals surface area contributed by atoms with Crippen LogP contribution in [-0.4, -0.2) is 39.6 Å². The van der Waals surface area contributed by atoms with Gasteiger partial charge in [0.05, 0.1) is 34.6 Å². The SMILES string of the molecule is COc1nc(-c2cccc(-c3cccc(NC(=O)c4ccnn(C)c4=O)c3Cl)c2Cl)ccc1CNC(C)C(C)=O. The predicted molar refractivity (Wildman–Crippen MR) is 156 cm³/mol. The molecule has 0 radical (unpaired) electrons. The Morgan fingerprint density at radius 3 is 2.38 bits per heavy atom. The van der Waals surface area contributed by atoms with Crippen molar-refractivity contribution in [1.82, 2.24) is 20.1 Å². The number of anilines is 1. The number of halogens is 2. The molecule has 2 aromatic carbocycles. The Kier molecular flexibility index (Phi) is 8.99. The first-order chi connectivity index (χ1) is 19.1. The van der Waals surface area contributed by atoms with Gasteiger partial charge in [-0.05, 0) is 32.0 Å². The second kappa shape index (κ2) is 12.4. The van der Waals surface area contributed by atoms with Gasteiger partial charge in [-0.2, -0.15) is 5.10 Å². The number of ether oxygens (including phenoxy) is 1. The summed E-state index contributed by atoms with van der Waals surface area (Å²) in [4.78, 5) is 41.3. The summed E-state index contributed by atoms with van der Waals surface area (Å²) in [5.74, 6) is -0.159. The number of rotatable bonds is 9.